The van der Waals surface area contributed by atoms with Crippen molar-refractivity contribution in [2.24, 2.45) is 27.1 Å². The van der Waals surface area contributed by atoms with Gasteiger partial charge in [0.2, 0.25) is 0 Å². The molecule has 0 rings (SSSR count). The molecule has 0 aromatic heterocycles. The molecule has 0 spiro atoms. The van der Waals surface area contributed by atoms with Gasteiger partial charge in [-0.2, -0.15) is 43.9 Å². The lowest BCUT2D eigenvalue weighted by atomic mass is 9.79. The Labute approximate surface area is 376 Å². The Balaban J connectivity index is -0.000000233. The lowest BCUT2D eigenvalue weighted by Crippen LogP contribution is -2.58. The highest BCUT2D eigenvalue weighted by molar-refractivity contribution is 4.97. The molecule has 394 valence electrons. The number of halogens is 10. The zero-order valence-corrected chi connectivity index (χ0v) is 41.5. The third-order valence-electron chi connectivity index (χ3n) is 9.96. The predicted octanol–water partition coefficient (Wildman–Crippen LogP) is 8.96. The molecule has 0 amide bonds. The van der Waals surface area contributed by atoms with Crippen molar-refractivity contribution in [1.82, 2.24) is 0 Å². The van der Waals surface area contributed by atoms with E-state index in [0.717, 1.165) is 12.8 Å². The summed E-state index contributed by atoms with van der Waals surface area (Å²) in [6, 6.07) is 0. The predicted molar refractivity (Wildman–Crippen MR) is 229 cm³/mol. The summed E-state index contributed by atoms with van der Waals surface area (Å²) >= 11 is 0. The van der Waals surface area contributed by atoms with E-state index in [-0.39, 0.29) is 28.5 Å². The monoisotopic (exact) mass is 967 g/mol. The van der Waals surface area contributed by atoms with Gasteiger partial charge in [-0.15, -0.1) is 0 Å². The molecule has 0 aliphatic carbocycles. The Morgan fingerprint density at radius 3 is 0.719 bits per heavy atom. The van der Waals surface area contributed by atoms with Crippen molar-refractivity contribution >= 4 is 0 Å². The molecule has 0 saturated heterocycles. The van der Waals surface area contributed by atoms with Crippen LogP contribution in [0, 0.1) is 27.1 Å². The summed E-state index contributed by atoms with van der Waals surface area (Å²) in [6.07, 6.45) is -21.2. The van der Waals surface area contributed by atoms with Crippen LogP contribution in [0.3, 0.4) is 0 Å². The molecule has 64 heavy (non-hydrogen) atoms. The summed E-state index contributed by atoms with van der Waals surface area (Å²) < 4.78 is 122. The molecule has 0 heterocycles. The van der Waals surface area contributed by atoms with Crippen LogP contribution < -0.4 is 0 Å². The highest BCUT2D eigenvalue weighted by Gasteiger charge is 2.75. The minimum Gasteiger partial charge on any atom is -0.393 e. The molecule has 20 heteroatoms. The average Bonchev–Trinajstić information content (AvgIpc) is 3.05. The van der Waals surface area contributed by atoms with Crippen LogP contribution in [0.25, 0.3) is 0 Å². The number of alkyl halides is 10. The van der Waals surface area contributed by atoms with Gasteiger partial charge in [0.15, 0.2) is 6.10 Å². The van der Waals surface area contributed by atoms with Crippen molar-refractivity contribution in [2.45, 2.75) is 255 Å². The van der Waals surface area contributed by atoms with Gasteiger partial charge in [-0.05, 0) is 59.7 Å². The minimum atomic E-state index is -6.50. The maximum Gasteiger partial charge on any atom is 0.459 e. The molecule has 10 atom stereocenters. The summed E-state index contributed by atoms with van der Waals surface area (Å²) in [5.41, 5.74) is -2.10. The summed E-state index contributed by atoms with van der Waals surface area (Å²) in [5, 5.41) is 92.0. The van der Waals surface area contributed by atoms with Crippen molar-refractivity contribution in [1.29, 1.82) is 0 Å². The fourth-order valence-electron chi connectivity index (χ4n) is 4.05. The van der Waals surface area contributed by atoms with Crippen LogP contribution >= 0.6 is 0 Å². The maximum atomic E-state index is 13.0. The highest BCUT2D eigenvalue weighted by atomic mass is 19.4. The van der Waals surface area contributed by atoms with Crippen molar-refractivity contribution < 1.29 is 95.0 Å². The van der Waals surface area contributed by atoms with Gasteiger partial charge in [0.05, 0.1) is 48.8 Å². The fourth-order valence-corrected chi connectivity index (χ4v) is 4.05. The summed E-state index contributed by atoms with van der Waals surface area (Å²) in [5.74, 6) is -12.1. The van der Waals surface area contributed by atoms with Crippen LogP contribution in [0.2, 0.25) is 0 Å². The quantitative estimate of drug-likeness (QED) is 0.0750. The Bertz CT molecular complexity index is 1100. The molecular weight excluding hydrogens is 878 g/mol. The lowest BCUT2D eigenvalue weighted by Gasteiger charge is -2.34. The Morgan fingerprint density at radius 2 is 0.547 bits per heavy atom. The number of hydrogen-bond donors (Lipinski definition) is 10. The van der Waals surface area contributed by atoms with E-state index >= 15 is 0 Å². The van der Waals surface area contributed by atoms with Crippen molar-refractivity contribution in [3.8, 4) is 0 Å². The third kappa shape index (κ3) is 31.8. The van der Waals surface area contributed by atoms with Gasteiger partial charge in [-0.3, -0.25) is 0 Å². The van der Waals surface area contributed by atoms with E-state index in [2.05, 4.69) is 0 Å². The van der Waals surface area contributed by atoms with Crippen molar-refractivity contribution in [3.05, 3.63) is 0 Å². The van der Waals surface area contributed by atoms with Gasteiger partial charge < -0.3 is 51.1 Å². The zero-order chi connectivity index (χ0) is 53.2. The highest BCUT2D eigenvalue weighted by Crippen LogP contribution is 2.49. The van der Waals surface area contributed by atoms with Gasteiger partial charge >= 0.3 is 24.2 Å². The molecular formula is C44H88F10O10. The number of rotatable bonds is 14. The van der Waals surface area contributed by atoms with E-state index in [1.165, 1.54) is 20.8 Å². The van der Waals surface area contributed by atoms with Crippen molar-refractivity contribution in [3.63, 3.8) is 0 Å². The number of hydrogen-bond acceptors (Lipinski definition) is 10. The number of aliphatic hydroxyl groups excluding tert-OH is 10. The van der Waals surface area contributed by atoms with E-state index < -0.39 is 96.7 Å². The topological polar surface area (TPSA) is 202 Å². The number of aliphatic hydroxyl groups is 10. The molecule has 0 fully saturated rings. The largest absolute Gasteiger partial charge is 0.459 e. The first-order valence-corrected chi connectivity index (χ1v) is 21.4. The van der Waals surface area contributed by atoms with Crippen LogP contribution in [-0.4, -0.2) is 136 Å². The van der Waals surface area contributed by atoms with Crippen molar-refractivity contribution in [2.75, 3.05) is 0 Å². The summed E-state index contributed by atoms with van der Waals surface area (Å²) in [6.45, 7) is 32.1. The normalized spacial score (nSPS) is 18.3. The zero-order valence-electron chi connectivity index (χ0n) is 41.5. The molecule has 0 aromatic rings. The third-order valence-corrected chi connectivity index (χ3v) is 9.96. The summed E-state index contributed by atoms with van der Waals surface area (Å²) in [7, 11) is 0. The molecule has 0 aliphatic rings. The fraction of sp³-hybridized carbons (Fsp3) is 1.00. The Morgan fingerprint density at radius 1 is 0.328 bits per heavy atom. The second kappa shape index (κ2) is 28.4. The lowest BCUT2D eigenvalue weighted by molar-refractivity contribution is -0.372. The first-order chi connectivity index (χ1) is 27.7. The van der Waals surface area contributed by atoms with E-state index in [9.17, 15) is 69.4 Å². The van der Waals surface area contributed by atoms with Gasteiger partial charge in [0.1, 0.15) is 6.10 Å². The van der Waals surface area contributed by atoms with Gasteiger partial charge in [0.25, 0.3) is 0 Å². The van der Waals surface area contributed by atoms with Crippen LogP contribution in [-0.2, 0) is 0 Å². The summed E-state index contributed by atoms with van der Waals surface area (Å²) in [4.78, 5) is 0. The molecule has 10 N–H and O–H groups in total. The average molecular weight is 967 g/mol. The standard InChI is InChI=1S/C11H24O2.C10H15F7O2.C8H15F3O2.C8H18O2.C7H16O2/c1-10(2,3)8(12)7-9(13)11(4,5)6;1-7(2,3)5(18)4-6(19)8(11,12)9(13,14)10(15,16)17;1-7(2,3)5(12)4-6(13)8(9,10)11;1-6(9)5-7(10)8(2,3)4;1-3-6(8)5-7(9)4-2/h8-9,12-13H,7H2,1-6H3;5-6,18-19H,4H2,1-3H3;5-6,12-13H,4H2,1-3H3;6-7,9-10H,5H2,1-4H3;6-9H,3-5H2,1-2H3. The van der Waals surface area contributed by atoms with Gasteiger partial charge in [0, 0.05) is 19.3 Å². The first kappa shape index (κ1) is 71.9. The van der Waals surface area contributed by atoms with Gasteiger partial charge in [-0.1, -0.05) is 118 Å². The minimum absolute atomic E-state index is 0.114. The SMILES string of the molecule is CC(C)(C)C(O)CC(O)C(C)(C)C.CC(C)(C)C(O)CC(O)C(F)(F)C(F)(F)C(F)(F)F.CC(C)(C)C(O)CC(O)C(F)(F)F.CC(O)CC(O)C(C)(C)C.CCC(O)CC(O)CC. The second-order valence-electron chi connectivity index (χ2n) is 21.8. The van der Waals surface area contributed by atoms with E-state index in [1.54, 1.807) is 27.7 Å². The Kier molecular flexibility index (Phi) is 31.9. The molecule has 0 saturated carbocycles. The molecule has 0 radical (unpaired) electrons. The van der Waals surface area contributed by atoms with Gasteiger partial charge in [-0.25, -0.2) is 0 Å². The molecule has 0 aliphatic heterocycles. The Hall–Kier alpha value is -1.10. The van der Waals surface area contributed by atoms with Crippen LogP contribution in [0.5, 0.6) is 0 Å². The van der Waals surface area contributed by atoms with E-state index in [4.69, 9.17) is 25.5 Å². The smallest absolute Gasteiger partial charge is 0.393 e. The molecule has 10 nitrogen and oxygen atoms in total. The first-order valence-electron chi connectivity index (χ1n) is 21.4. The van der Waals surface area contributed by atoms with E-state index in [1.807, 2.05) is 76.2 Å². The van der Waals surface area contributed by atoms with Crippen LogP contribution in [0.1, 0.15) is 170 Å². The van der Waals surface area contributed by atoms with E-state index in [0.29, 0.717) is 19.3 Å². The van der Waals surface area contributed by atoms with Crippen LogP contribution in [0.4, 0.5) is 43.9 Å². The molecule has 10 unspecified atom stereocenters. The molecule has 0 aromatic carbocycles. The molecule has 0 bridgehead atoms. The maximum absolute atomic E-state index is 13.0. The van der Waals surface area contributed by atoms with Crippen LogP contribution in [0.15, 0.2) is 0 Å². The second-order valence-corrected chi connectivity index (χ2v) is 21.8.